The molecule has 1 N–H and O–H groups in total. The van der Waals surface area contributed by atoms with Crippen LogP contribution in [0.3, 0.4) is 0 Å². The van der Waals surface area contributed by atoms with Gasteiger partial charge in [-0.05, 0) is 43.7 Å². The number of hydrogen-bond donors (Lipinski definition) is 1. The molecule has 138 valence electrons. The van der Waals surface area contributed by atoms with Gasteiger partial charge < -0.3 is 14.7 Å². The molecule has 6 nitrogen and oxygen atoms in total. The van der Waals surface area contributed by atoms with Gasteiger partial charge in [-0.1, -0.05) is 35.3 Å². The topological polar surface area (TPSA) is 66.5 Å². The molecular formula is C19H24ClN5O. The van der Waals surface area contributed by atoms with Gasteiger partial charge in [-0.15, -0.1) is 0 Å². The van der Waals surface area contributed by atoms with E-state index in [9.17, 15) is 0 Å². The molecule has 4 rings (SSSR count). The molecule has 1 aliphatic carbocycles. The highest BCUT2D eigenvalue weighted by Crippen LogP contribution is 2.47. The Hall–Kier alpha value is -2.08. The third-order valence-corrected chi connectivity index (χ3v) is 5.64. The SMILES string of the molecule is CCNC(=NCc1nc(-c2cccc(Cl)c2)no1)N1CCC2(CCC2)C1. The van der Waals surface area contributed by atoms with Crippen molar-refractivity contribution >= 4 is 17.6 Å². The predicted octanol–water partition coefficient (Wildman–Crippen LogP) is 3.73. The second-order valence-electron chi connectivity index (χ2n) is 7.22. The van der Waals surface area contributed by atoms with Crippen molar-refractivity contribution < 1.29 is 4.52 Å². The van der Waals surface area contributed by atoms with E-state index >= 15 is 0 Å². The van der Waals surface area contributed by atoms with Gasteiger partial charge in [0.1, 0.15) is 6.54 Å². The molecule has 0 atom stereocenters. The van der Waals surface area contributed by atoms with Crippen LogP contribution in [0.15, 0.2) is 33.8 Å². The minimum atomic E-state index is 0.374. The van der Waals surface area contributed by atoms with Crippen LogP contribution in [0.25, 0.3) is 11.4 Å². The molecular weight excluding hydrogens is 350 g/mol. The van der Waals surface area contributed by atoms with E-state index in [1.165, 1.54) is 25.7 Å². The zero-order chi connectivity index (χ0) is 18.0. The monoisotopic (exact) mass is 373 g/mol. The Kier molecular flexibility index (Phi) is 4.85. The maximum Gasteiger partial charge on any atom is 0.248 e. The van der Waals surface area contributed by atoms with E-state index in [0.29, 0.717) is 28.7 Å². The number of likely N-dealkylation sites (tertiary alicyclic amines) is 1. The van der Waals surface area contributed by atoms with Crippen molar-refractivity contribution in [3.05, 3.63) is 35.2 Å². The molecule has 0 radical (unpaired) electrons. The van der Waals surface area contributed by atoms with Crippen LogP contribution in [0.2, 0.25) is 5.02 Å². The lowest BCUT2D eigenvalue weighted by molar-refractivity contribution is 0.151. The predicted molar refractivity (Wildman–Crippen MR) is 102 cm³/mol. The van der Waals surface area contributed by atoms with Crippen molar-refractivity contribution in [2.45, 2.75) is 39.2 Å². The Balaban J connectivity index is 1.45. The zero-order valence-electron chi connectivity index (χ0n) is 15.0. The third-order valence-electron chi connectivity index (χ3n) is 5.40. The lowest BCUT2D eigenvalue weighted by Crippen LogP contribution is -2.42. The zero-order valence-corrected chi connectivity index (χ0v) is 15.8. The minimum absolute atomic E-state index is 0.374. The summed E-state index contributed by atoms with van der Waals surface area (Å²) in [5.74, 6) is 1.99. The maximum absolute atomic E-state index is 6.03. The van der Waals surface area contributed by atoms with E-state index < -0.39 is 0 Å². The van der Waals surface area contributed by atoms with Crippen LogP contribution in [0.5, 0.6) is 0 Å². The van der Waals surface area contributed by atoms with E-state index in [1.807, 2.05) is 24.3 Å². The van der Waals surface area contributed by atoms with Gasteiger partial charge in [0.25, 0.3) is 0 Å². The second kappa shape index (κ2) is 7.27. The molecule has 1 aliphatic heterocycles. The number of halogens is 1. The number of guanidine groups is 1. The highest BCUT2D eigenvalue weighted by Gasteiger charge is 2.43. The van der Waals surface area contributed by atoms with Crippen LogP contribution >= 0.6 is 11.6 Å². The first kappa shape index (κ1) is 17.3. The Morgan fingerprint density at radius 2 is 2.27 bits per heavy atom. The summed E-state index contributed by atoms with van der Waals surface area (Å²) in [5, 5.41) is 8.09. The van der Waals surface area contributed by atoms with Crippen LogP contribution in [0, 0.1) is 5.41 Å². The van der Waals surface area contributed by atoms with Gasteiger partial charge in [-0.3, -0.25) is 0 Å². The van der Waals surface area contributed by atoms with E-state index in [1.54, 1.807) is 0 Å². The lowest BCUT2D eigenvalue weighted by atomic mass is 9.68. The Labute approximate surface area is 158 Å². The molecule has 0 bridgehead atoms. The molecule has 0 unspecified atom stereocenters. The van der Waals surface area contributed by atoms with Crippen LogP contribution in [0.4, 0.5) is 0 Å². The molecule has 2 heterocycles. The summed E-state index contributed by atoms with van der Waals surface area (Å²) in [4.78, 5) is 11.5. The average Bonchev–Trinajstić information content (AvgIpc) is 3.26. The Morgan fingerprint density at radius 1 is 1.38 bits per heavy atom. The molecule has 2 fully saturated rings. The van der Waals surface area contributed by atoms with Crippen molar-refractivity contribution in [2.75, 3.05) is 19.6 Å². The van der Waals surface area contributed by atoms with Crippen LogP contribution in [0.1, 0.15) is 38.5 Å². The quantitative estimate of drug-likeness (QED) is 0.653. The van der Waals surface area contributed by atoms with Gasteiger partial charge in [-0.25, -0.2) is 4.99 Å². The number of aliphatic imine (C=N–C) groups is 1. The Morgan fingerprint density at radius 3 is 2.96 bits per heavy atom. The van der Waals surface area contributed by atoms with Crippen molar-refractivity contribution in [3.8, 4) is 11.4 Å². The number of rotatable bonds is 4. The van der Waals surface area contributed by atoms with Gasteiger partial charge in [-0.2, -0.15) is 4.98 Å². The highest BCUT2D eigenvalue weighted by atomic mass is 35.5. The molecule has 0 amide bonds. The molecule has 26 heavy (non-hydrogen) atoms. The summed E-state index contributed by atoms with van der Waals surface area (Å²) in [7, 11) is 0. The molecule has 1 saturated carbocycles. The summed E-state index contributed by atoms with van der Waals surface area (Å²) >= 11 is 6.03. The fourth-order valence-electron chi connectivity index (χ4n) is 3.83. The summed E-state index contributed by atoms with van der Waals surface area (Å²) in [6, 6.07) is 7.44. The van der Waals surface area contributed by atoms with Crippen molar-refractivity contribution in [1.82, 2.24) is 20.4 Å². The molecule has 1 aromatic carbocycles. The lowest BCUT2D eigenvalue weighted by Gasteiger charge is -2.38. The molecule has 1 saturated heterocycles. The first-order valence-corrected chi connectivity index (χ1v) is 9.67. The minimum Gasteiger partial charge on any atom is -0.357 e. The molecule has 2 aromatic rings. The summed E-state index contributed by atoms with van der Waals surface area (Å²) < 4.78 is 5.37. The fourth-order valence-corrected chi connectivity index (χ4v) is 4.02. The number of aromatic nitrogens is 2. The summed E-state index contributed by atoms with van der Waals surface area (Å²) in [6.45, 7) is 5.49. The van der Waals surface area contributed by atoms with Crippen molar-refractivity contribution in [1.29, 1.82) is 0 Å². The van der Waals surface area contributed by atoms with E-state index in [4.69, 9.17) is 21.1 Å². The fraction of sp³-hybridized carbons (Fsp3) is 0.526. The normalized spacial score (nSPS) is 19.0. The van der Waals surface area contributed by atoms with Gasteiger partial charge >= 0.3 is 0 Å². The van der Waals surface area contributed by atoms with Gasteiger partial charge in [0.2, 0.25) is 11.7 Å². The maximum atomic E-state index is 6.03. The number of hydrogen-bond acceptors (Lipinski definition) is 4. The van der Waals surface area contributed by atoms with Gasteiger partial charge in [0.15, 0.2) is 5.96 Å². The first-order valence-electron chi connectivity index (χ1n) is 9.29. The van der Waals surface area contributed by atoms with Crippen LogP contribution in [-0.2, 0) is 6.54 Å². The van der Waals surface area contributed by atoms with Crippen LogP contribution < -0.4 is 5.32 Å². The second-order valence-corrected chi connectivity index (χ2v) is 7.65. The smallest absolute Gasteiger partial charge is 0.248 e. The number of nitrogens with zero attached hydrogens (tertiary/aromatic N) is 4. The van der Waals surface area contributed by atoms with Gasteiger partial charge in [0, 0.05) is 30.2 Å². The standard InChI is InChI=1S/C19H24ClN5O/c1-2-21-18(25-10-9-19(13-25)7-4-8-19)22-12-16-23-17(24-26-16)14-5-3-6-15(20)11-14/h3,5-6,11H,2,4,7-10,12-13H2,1H3,(H,21,22). The van der Waals surface area contributed by atoms with Crippen LogP contribution in [-0.4, -0.2) is 40.6 Å². The molecule has 7 heteroatoms. The van der Waals surface area contributed by atoms with E-state index in [-0.39, 0.29) is 0 Å². The van der Waals surface area contributed by atoms with E-state index in [2.05, 4.69) is 27.3 Å². The third kappa shape index (κ3) is 3.56. The largest absolute Gasteiger partial charge is 0.357 e. The summed E-state index contributed by atoms with van der Waals surface area (Å²) in [5.41, 5.74) is 1.38. The van der Waals surface area contributed by atoms with Crippen molar-refractivity contribution in [3.63, 3.8) is 0 Å². The van der Waals surface area contributed by atoms with Crippen molar-refractivity contribution in [2.24, 2.45) is 10.4 Å². The van der Waals surface area contributed by atoms with E-state index in [0.717, 1.165) is 31.2 Å². The highest BCUT2D eigenvalue weighted by molar-refractivity contribution is 6.30. The first-order chi connectivity index (χ1) is 12.7. The average molecular weight is 374 g/mol. The number of benzene rings is 1. The Bertz CT molecular complexity index is 799. The number of nitrogens with one attached hydrogen (secondary N) is 1. The molecule has 1 aromatic heterocycles. The molecule has 2 aliphatic rings. The molecule has 1 spiro atoms. The van der Waals surface area contributed by atoms with Gasteiger partial charge in [0.05, 0.1) is 0 Å². The summed E-state index contributed by atoms with van der Waals surface area (Å²) in [6.07, 6.45) is 5.36.